The second kappa shape index (κ2) is 8.58. The molecule has 0 heterocycles. The van der Waals surface area contributed by atoms with Crippen LogP contribution in [-0.4, -0.2) is 10.7 Å². The van der Waals surface area contributed by atoms with Crippen molar-refractivity contribution in [1.82, 2.24) is 0 Å². The van der Waals surface area contributed by atoms with Crippen LogP contribution in [0.15, 0.2) is 34.9 Å². The maximum Gasteiger partial charge on any atom is 0.0653 e. The number of rotatable bonds is 7. The van der Waals surface area contributed by atoms with E-state index >= 15 is 0 Å². The van der Waals surface area contributed by atoms with Gasteiger partial charge >= 0.3 is 0 Å². The van der Waals surface area contributed by atoms with Crippen molar-refractivity contribution in [2.75, 3.05) is 0 Å². The van der Waals surface area contributed by atoms with Crippen molar-refractivity contribution in [3.8, 4) is 0 Å². The van der Waals surface area contributed by atoms with Gasteiger partial charge in [-0.05, 0) is 85.5 Å². The van der Waals surface area contributed by atoms with Crippen LogP contribution in [0.2, 0.25) is 0 Å². The second-order valence-electron chi connectivity index (χ2n) is 7.29. The normalized spacial score (nSPS) is 22.5. The maximum atomic E-state index is 10.7. The third kappa shape index (κ3) is 7.13. The summed E-state index contributed by atoms with van der Waals surface area (Å²) >= 11 is 0. The molecule has 0 aromatic heterocycles. The molecule has 21 heavy (non-hydrogen) atoms. The molecule has 0 amide bonds. The number of aliphatic hydroxyl groups is 1. The summed E-state index contributed by atoms with van der Waals surface area (Å²) in [5.41, 5.74) is 3.81. The van der Waals surface area contributed by atoms with Crippen molar-refractivity contribution < 1.29 is 5.11 Å². The Labute approximate surface area is 131 Å². The molecule has 1 nitrogen and oxygen atoms in total. The highest BCUT2D eigenvalue weighted by atomic mass is 16.3. The Morgan fingerprint density at radius 1 is 1.29 bits per heavy atom. The first-order valence-electron chi connectivity index (χ1n) is 8.48. The molecule has 0 saturated carbocycles. The van der Waals surface area contributed by atoms with Crippen LogP contribution in [0.1, 0.15) is 79.6 Å². The van der Waals surface area contributed by atoms with Gasteiger partial charge in [-0.1, -0.05) is 34.9 Å². The van der Waals surface area contributed by atoms with E-state index in [-0.39, 0.29) is 0 Å². The lowest BCUT2D eigenvalue weighted by atomic mass is 9.76. The highest BCUT2D eigenvalue weighted by Crippen LogP contribution is 2.34. The van der Waals surface area contributed by atoms with Crippen LogP contribution in [0.5, 0.6) is 0 Å². The smallest absolute Gasteiger partial charge is 0.0653 e. The molecule has 2 atom stereocenters. The van der Waals surface area contributed by atoms with Gasteiger partial charge in [0.2, 0.25) is 0 Å². The van der Waals surface area contributed by atoms with Crippen molar-refractivity contribution in [1.29, 1.82) is 0 Å². The maximum absolute atomic E-state index is 10.7. The van der Waals surface area contributed by atoms with Crippen LogP contribution >= 0.6 is 0 Å². The predicted molar refractivity (Wildman–Crippen MR) is 93.4 cm³/mol. The van der Waals surface area contributed by atoms with Gasteiger partial charge in [0.15, 0.2) is 0 Å². The minimum Gasteiger partial charge on any atom is -0.390 e. The number of hydrogen-bond donors (Lipinski definition) is 1. The SMILES string of the molecule is CC(C)=CCC/C(C)=C/CCC(C)(O)C1CC=C(C)CC1. The van der Waals surface area contributed by atoms with Crippen molar-refractivity contribution >= 4 is 0 Å². The van der Waals surface area contributed by atoms with E-state index in [1.165, 1.54) is 16.7 Å². The van der Waals surface area contributed by atoms with Gasteiger partial charge in [0, 0.05) is 0 Å². The standard InChI is InChI=1S/C20H34O/c1-16(2)8-6-9-17(3)10-7-15-20(5,21)19-13-11-18(4)12-14-19/h8,10-11,19,21H,6-7,9,12-15H2,1-5H3/b17-10+. The first-order chi connectivity index (χ1) is 9.81. The van der Waals surface area contributed by atoms with Gasteiger partial charge < -0.3 is 5.11 Å². The van der Waals surface area contributed by atoms with Gasteiger partial charge in [0.25, 0.3) is 0 Å². The second-order valence-corrected chi connectivity index (χ2v) is 7.29. The van der Waals surface area contributed by atoms with Gasteiger partial charge in [-0.15, -0.1) is 0 Å². The Hall–Kier alpha value is -0.820. The summed E-state index contributed by atoms with van der Waals surface area (Å²) in [6, 6.07) is 0. The summed E-state index contributed by atoms with van der Waals surface area (Å²) in [6.45, 7) is 10.7. The quantitative estimate of drug-likeness (QED) is 0.574. The van der Waals surface area contributed by atoms with E-state index in [1.807, 2.05) is 6.92 Å². The summed E-state index contributed by atoms with van der Waals surface area (Å²) in [5, 5.41) is 10.7. The molecule has 0 aromatic carbocycles. The van der Waals surface area contributed by atoms with Crippen molar-refractivity contribution in [3.05, 3.63) is 34.9 Å². The fraction of sp³-hybridized carbons (Fsp3) is 0.700. The van der Waals surface area contributed by atoms with E-state index in [0.29, 0.717) is 5.92 Å². The fourth-order valence-corrected chi connectivity index (χ4v) is 3.04. The molecule has 1 aliphatic rings. The van der Waals surface area contributed by atoms with Gasteiger partial charge in [0.05, 0.1) is 5.60 Å². The van der Waals surface area contributed by atoms with E-state index in [9.17, 15) is 5.11 Å². The average molecular weight is 290 g/mol. The lowest BCUT2D eigenvalue weighted by Crippen LogP contribution is -2.35. The monoisotopic (exact) mass is 290 g/mol. The number of hydrogen-bond acceptors (Lipinski definition) is 1. The molecule has 0 spiro atoms. The van der Waals surface area contributed by atoms with E-state index in [4.69, 9.17) is 0 Å². The first kappa shape index (κ1) is 18.2. The summed E-state index contributed by atoms with van der Waals surface area (Å²) in [7, 11) is 0. The van der Waals surface area contributed by atoms with E-state index < -0.39 is 5.60 Å². The third-order valence-electron chi connectivity index (χ3n) is 4.75. The molecule has 1 N–H and O–H groups in total. The molecule has 1 heteroatoms. The topological polar surface area (TPSA) is 20.2 Å². The van der Waals surface area contributed by atoms with Crippen LogP contribution in [-0.2, 0) is 0 Å². The number of allylic oxidation sites excluding steroid dienone is 6. The highest BCUT2D eigenvalue weighted by Gasteiger charge is 2.31. The first-order valence-corrected chi connectivity index (χ1v) is 8.48. The summed E-state index contributed by atoms with van der Waals surface area (Å²) < 4.78 is 0. The Bertz CT molecular complexity index is 406. The Morgan fingerprint density at radius 3 is 2.57 bits per heavy atom. The Kier molecular flexibility index (Phi) is 7.45. The van der Waals surface area contributed by atoms with Crippen LogP contribution in [0, 0.1) is 5.92 Å². The summed E-state index contributed by atoms with van der Waals surface area (Å²) in [6.07, 6.45) is 14.4. The Balaban J connectivity index is 2.37. The molecular weight excluding hydrogens is 256 g/mol. The Morgan fingerprint density at radius 2 is 2.00 bits per heavy atom. The van der Waals surface area contributed by atoms with Crippen molar-refractivity contribution in [2.24, 2.45) is 5.92 Å². The van der Waals surface area contributed by atoms with Crippen LogP contribution in [0.4, 0.5) is 0 Å². The highest BCUT2D eigenvalue weighted by molar-refractivity contribution is 5.07. The lowest BCUT2D eigenvalue weighted by Gasteiger charge is -2.34. The molecule has 120 valence electrons. The van der Waals surface area contributed by atoms with Gasteiger partial charge in [-0.2, -0.15) is 0 Å². The lowest BCUT2D eigenvalue weighted by molar-refractivity contribution is -0.0122. The zero-order chi connectivity index (χ0) is 15.9. The minimum absolute atomic E-state index is 0.431. The largest absolute Gasteiger partial charge is 0.390 e. The molecule has 0 aromatic rings. The van der Waals surface area contributed by atoms with Crippen molar-refractivity contribution in [2.45, 2.75) is 85.2 Å². The third-order valence-corrected chi connectivity index (χ3v) is 4.75. The fourth-order valence-electron chi connectivity index (χ4n) is 3.04. The van der Waals surface area contributed by atoms with E-state index in [2.05, 4.69) is 45.9 Å². The van der Waals surface area contributed by atoms with Gasteiger partial charge in [-0.3, -0.25) is 0 Å². The zero-order valence-electron chi connectivity index (χ0n) is 14.7. The van der Waals surface area contributed by atoms with Crippen molar-refractivity contribution in [3.63, 3.8) is 0 Å². The molecule has 0 radical (unpaired) electrons. The molecular formula is C20H34O. The zero-order valence-corrected chi connectivity index (χ0v) is 14.7. The molecule has 1 rings (SSSR count). The van der Waals surface area contributed by atoms with Gasteiger partial charge in [0.1, 0.15) is 0 Å². The summed E-state index contributed by atoms with van der Waals surface area (Å²) in [4.78, 5) is 0. The van der Waals surface area contributed by atoms with Crippen LogP contribution < -0.4 is 0 Å². The molecule has 0 aliphatic heterocycles. The average Bonchev–Trinajstić information content (AvgIpc) is 2.38. The molecule has 0 bridgehead atoms. The van der Waals surface area contributed by atoms with E-state index in [1.54, 1.807) is 0 Å². The van der Waals surface area contributed by atoms with Gasteiger partial charge in [-0.25, -0.2) is 0 Å². The van der Waals surface area contributed by atoms with Crippen LogP contribution in [0.3, 0.4) is 0 Å². The molecule has 0 saturated heterocycles. The minimum atomic E-state index is -0.520. The van der Waals surface area contributed by atoms with E-state index in [0.717, 1.165) is 44.9 Å². The summed E-state index contributed by atoms with van der Waals surface area (Å²) in [5.74, 6) is 0.431. The van der Waals surface area contributed by atoms with Crippen LogP contribution in [0.25, 0.3) is 0 Å². The molecule has 1 aliphatic carbocycles. The molecule has 2 unspecified atom stereocenters. The predicted octanol–water partition coefficient (Wildman–Crippen LogP) is 5.96. The molecule has 0 fully saturated rings.